The molecule has 14 heavy (non-hydrogen) atoms. The van der Waals surface area contributed by atoms with E-state index in [1.54, 1.807) is 0 Å². The van der Waals surface area contributed by atoms with Gasteiger partial charge < -0.3 is 0 Å². The molecule has 0 aromatic carbocycles. The van der Waals surface area contributed by atoms with E-state index < -0.39 is 11.0 Å². The molecule has 2 nitrogen and oxygen atoms in total. The smallest absolute Gasteiger partial charge is 0.0973 e. The highest BCUT2D eigenvalue weighted by molar-refractivity contribution is 7.84. The average Bonchev–Trinajstić information content (AvgIpc) is 1.95. The van der Waals surface area contributed by atoms with Gasteiger partial charge in [-0.1, -0.05) is 6.92 Å². The lowest BCUT2D eigenvalue weighted by Gasteiger charge is -2.30. The van der Waals surface area contributed by atoms with Crippen molar-refractivity contribution in [3.63, 3.8) is 0 Å². The highest BCUT2D eigenvalue weighted by atomic mass is 35.5. The first-order valence-corrected chi connectivity index (χ1v) is 6.48. The molecule has 0 spiro atoms. The van der Waals surface area contributed by atoms with Crippen molar-refractivity contribution in [3.8, 4) is 0 Å². The SMILES string of the molecule is CC[C@@H](NS(=O)C(C)(C)C)C(C)(C)Cl. The topological polar surface area (TPSA) is 29.1 Å². The molecule has 0 amide bonds. The van der Waals surface area contributed by atoms with Crippen LogP contribution < -0.4 is 4.72 Å². The Kier molecular flexibility index (Phi) is 5.09. The van der Waals surface area contributed by atoms with Crippen molar-refractivity contribution in [3.05, 3.63) is 0 Å². The van der Waals surface area contributed by atoms with Gasteiger partial charge in [0.05, 0.1) is 20.6 Å². The summed E-state index contributed by atoms with van der Waals surface area (Å²) < 4.78 is 14.7. The highest BCUT2D eigenvalue weighted by Gasteiger charge is 2.30. The third kappa shape index (κ3) is 4.76. The molecule has 2 atom stereocenters. The zero-order valence-electron chi connectivity index (χ0n) is 9.98. The van der Waals surface area contributed by atoms with Crippen LogP contribution in [0.1, 0.15) is 48.0 Å². The van der Waals surface area contributed by atoms with Gasteiger partial charge in [-0.25, -0.2) is 8.93 Å². The van der Waals surface area contributed by atoms with Gasteiger partial charge in [-0.05, 0) is 41.0 Å². The van der Waals surface area contributed by atoms with Gasteiger partial charge in [0.25, 0.3) is 0 Å². The fraction of sp³-hybridized carbons (Fsp3) is 1.00. The lowest BCUT2D eigenvalue weighted by molar-refractivity contribution is 0.473. The molecule has 0 fully saturated rings. The van der Waals surface area contributed by atoms with Crippen LogP contribution in [0.5, 0.6) is 0 Å². The fourth-order valence-electron chi connectivity index (χ4n) is 1.01. The lowest BCUT2D eigenvalue weighted by atomic mass is 10.0. The number of nitrogens with one attached hydrogen (secondary N) is 1. The molecule has 0 aliphatic carbocycles. The summed E-state index contributed by atoms with van der Waals surface area (Å²) in [5, 5.41) is 0. The van der Waals surface area contributed by atoms with Gasteiger partial charge in [-0.3, -0.25) is 0 Å². The van der Waals surface area contributed by atoms with Crippen LogP contribution in [0.15, 0.2) is 0 Å². The zero-order chi connectivity index (χ0) is 11.6. The van der Waals surface area contributed by atoms with Gasteiger partial charge >= 0.3 is 0 Å². The second-order valence-corrected chi connectivity index (χ2v) is 8.00. The summed E-state index contributed by atoms with van der Waals surface area (Å²) in [4.78, 5) is -0.365. The number of rotatable bonds is 4. The molecule has 4 heteroatoms. The van der Waals surface area contributed by atoms with Crippen LogP contribution >= 0.6 is 11.6 Å². The molecule has 1 unspecified atom stereocenters. The summed E-state index contributed by atoms with van der Waals surface area (Å²) in [7, 11) is -1.05. The van der Waals surface area contributed by atoms with E-state index in [0.29, 0.717) is 0 Å². The Morgan fingerprint density at radius 3 is 1.93 bits per heavy atom. The Bertz CT molecular complexity index is 205. The summed E-state index contributed by atoms with van der Waals surface area (Å²) >= 11 is 6.20. The maximum atomic E-state index is 11.8. The molecule has 0 heterocycles. The van der Waals surface area contributed by atoms with Crippen molar-refractivity contribution >= 4 is 22.6 Å². The molecule has 0 saturated heterocycles. The van der Waals surface area contributed by atoms with Gasteiger partial charge in [-0.15, -0.1) is 11.6 Å². The molecular formula is C10H22ClNOS. The second kappa shape index (κ2) is 4.95. The minimum absolute atomic E-state index is 0.0734. The first kappa shape index (κ1) is 14.4. The van der Waals surface area contributed by atoms with Crippen molar-refractivity contribution in [1.29, 1.82) is 0 Å². The summed E-state index contributed by atoms with van der Waals surface area (Å²) in [6.07, 6.45) is 0.873. The van der Waals surface area contributed by atoms with Crippen molar-refractivity contribution in [2.75, 3.05) is 0 Å². The van der Waals surface area contributed by atoms with Gasteiger partial charge in [0.1, 0.15) is 0 Å². The molecule has 0 rings (SSSR count). The third-order valence-corrected chi connectivity index (χ3v) is 3.92. The van der Waals surface area contributed by atoms with E-state index in [1.807, 2.05) is 41.5 Å². The number of hydrogen-bond donors (Lipinski definition) is 1. The molecule has 1 N–H and O–H groups in total. The molecule has 0 saturated carbocycles. The summed E-state index contributed by atoms with van der Waals surface area (Å²) in [6.45, 7) is 11.8. The van der Waals surface area contributed by atoms with Gasteiger partial charge in [0.2, 0.25) is 0 Å². The molecule has 86 valence electrons. The van der Waals surface area contributed by atoms with E-state index in [1.165, 1.54) is 0 Å². The fourth-order valence-corrected chi connectivity index (χ4v) is 2.36. The van der Waals surface area contributed by atoms with Gasteiger partial charge in [0, 0.05) is 6.04 Å². The molecule has 0 aliphatic rings. The maximum Gasteiger partial charge on any atom is 0.0973 e. The Balaban J connectivity index is 4.43. The molecule has 0 radical (unpaired) electrons. The Morgan fingerprint density at radius 2 is 1.71 bits per heavy atom. The van der Waals surface area contributed by atoms with E-state index in [9.17, 15) is 4.21 Å². The predicted octanol–water partition coefficient (Wildman–Crippen LogP) is 2.83. The molecule has 0 aromatic heterocycles. The van der Waals surface area contributed by atoms with Crippen LogP contribution in [0.4, 0.5) is 0 Å². The minimum Gasteiger partial charge on any atom is -0.242 e. The minimum atomic E-state index is -1.05. The van der Waals surface area contributed by atoms with Crippen LogP contribution in [0.3, 0.4) is 0 Å². The zero-order valence-corrected chi connectivity index (χ0v) is 11.6. The third-order valence-electron chi connectivity index (χ3n) is 2.04. The summed E-state index contributed by atoms with van der Waals surface area (Å²) in [5.41, 5.74) is 0. The Labute approximate surface area is 95.4 Å². The van der Waals surface area contributed by atoms with Crippen molar-refractivity contribution in [2.24, 2.45) is 0 Å². The van der Waals surface area contributed by atoms with Crippen molar-refractivity contribution in [2.45, 2.75) is 63.6 Å². The highest BCUT2D eigenvalue weighted by Crippen LogP contribution is 2.22. The van der Waals surface area contributed by atoms with Crippen LogP contribution in [-0.2, 0) is 11.0 Å². The van der Waals surface area contributed by atoms with E-state index >= 15 is 0 Å². The van der Waals surface area contributed by atoms with Crippen LogP contribution in [0, 0.1) is 0 Å². The van der Waals surface area contributed by atoms with Gasteiger partial charge in [-0.2, -0.15) is 0 Å². The van der Waals surface area contributed by atoms with Crippen molar-refractivity contribution in [1.82, 2.24) is 4.72 Å². The van der Waals surface area contributed by atoms with E-state index in [-0.39, 0.29) is 15.7 Å². The van der Waals surface area contributed by atoms with E-state index in [4.69, 9.17) is 11.6 Å². The summed E-state index contributed by atoms with van der Waals surface area (Å²) in [5.74, 6) is 0. The standard InChI is InChI=1S/C10H22ClNOS/c1-7-8(10(5,6)11)12-14(13)9(2,3)4/h8,12H,7H2,1-6H3/t8-,14?/m1/s1. The Hall–Kier alpha value is 0.400. The second-order valence-electron chi connectivity index (χ2n) is 5.02. The molecule has 0 aromatic rings. The summed E-state index contributed by atoms with van der Waals surface area (Å²) in [6, 6.07) is 0.0734. The monoisotopic (exact) mass is 239 g/mol. The van der Waals surface area contributed by atoms with Crippen LogP contribution in [0.25, 0.3) is 0 Å². The van der Waals surface area contributed by atoms with E-state index in [2.05, 4.69) is 4.72 Å². The van der Waals surface area contributed by atoms with Crippen LogP contribution in [-0.4, -0.2) is 19.9 Å². The largest absolute Gasteiger partial charge is 0.242 e. The number of alkyl halides is 1. The van der Waals surface area contributed by atoms with Crippen molar-refractivity contribution < 1.29 is 4.21 Å². The molecule has 0 bridgehead atoms. The number of hydrogen-bond acceptors (Lipinski definition) is 1. The molecule has 0 aliphatic heterocycles. The number of halogens is 1. The normalized spacial score (nSPS) is 17.9. The maximum absolute atomic E-state index is 11.8. The Morgan fingerprint density at radius 1 is 1.29 bits per heavy atom. The van der Waals surface area contributed by atoms with Gasteiger partial charge in [0.15, 0.2) is 0 Å². The first-order valence-electron chi connectivity index (χ1n) is 4.96. The molecular weight excluding hydrogens is 218 g/mol. The van der Waals surface area contributed by atoms with Crippen LogP contribution in [0.2, 0.25) is 0 Å². The lowest BCUT2D eigenvalue weighted by Crippen LogP contribution is -2.47. The first-order chi connectivity index (χ1) is 6.09. The predicted molar refractivity (Wildman–Crippen MR) is 65.0 cm³/mol. The average molecular weight is 240 g/mol. The van der Waals surface area contributed by atoms with E-state index in [0.717, 1.165) is 6.42 Å². The quantitative estimate of drug-likeness (QED) is 0.752.